The number of benzene rings is 1. The molecule has 2 amide bonds. The monoisotopic (exact) mass is 451 g/mol. The van der Waals surface area contributed by atoms with Gasteiger partial charge in [-0.3, -0.25) is 9.59 Å². The Bertz CT molecular complexity index is 978. The number of nitrogens with zero attached hydrogens (tertiary/aromatic N) is 3. The van der Waals surface area contributed by atoms with Crippen molar-refractivity contribution in [2.24, 2.45) is 0 Å². The van der Waals surface area contributed by atoms with E-state index in [1.54, 1.807) is 21.6 Å². The van der Waals surface area contributed by atoms with E-state index in [0.717, 1.165) is 23.1 Å². The first-order valence-electron chi connectivity index (χ1n) is 10.4. The summed E-state index contributed by atoms with van der Waals surface area (Å²) in [5.74, 6) is 0.607. The lowest BCUT2D eigenvalue weighted by molar-refractivity contribution is -0.144. The number of carbonyl (C=O) groups is 2. The van der Waals surface area contributed by atoms with Gasteiger partial charge in [-0.05, 0) is 45.2 Å². The number of piperazine rings is 1. The van der Waals surface area contributed by atoms with E-state index in [4.69, 9.17) is 0 Å². The highest BCUT2D eigenvalue weighted by molar-refractivity contribution is 8.01. The Labute approximate surface area is 182 Å². The quantitative estimate of drug-likeness (QED) is 0.701. The molecule has 3 aliphatic rings. The van der Waals surface area contributed by atoms with Crippen LogP contribution in [0.1, 0.15) is 36.5 Å². The largest absolute Gasteiger partial charge is 0.338 e. The predicted octanol–water partition coefficient (Wildman–Crippen LogP) is 1.90. The standard InChI is InChI=1S/C21H29N3O4S2/c1-14-11-15(2)19(16(3)12-14)30(27,28)23-9-7-22(8-10-23)20(26)17-13-29-21(4)6-5-18(25)24(17)21/h11-12,17H,5-10,13H2,1-4H3/t17-,21-/m1/s1. The SMILES string of the molecule is Cc1cc(C)c(S(=O)(=O)N2CCN(C(=O)[C@H]3CS[C@]4(C)CCC(=O)N34)CC2)c(C)c1. The lowest BCUT2D eigenvalue weighted by atomic mass is 10.1. The van der Waals surface area contributed by atoms with Gasteiger partial charge in [-0.15, -0.1) is 11.8 Å². The molecule has 0 aliphatic carbocycles. The van der Waals surface area contributed by atoms with Crippen LogP contribution in [-0.2, 0) is 19.6 Å². The summed E-state index contributed by atoms with van der Waals surface area (Å²) in [6.07, 6.45) is 1.27. The third kappa shape index (κ3) is 3.44. The molecule has 0 saturated carbocycles. The maximum absolute atomic E-state index is 13.3. The van der Waals surface area contributed by atoms with E-state index in [9.17, 15) is 18.0 Å². The number of sulfonamides is 1. The second kappa shape index (κ2) is 7.53. The highest BCUT2D eigenvalue weighted by Gasteiger charge is 2.53. The van der Waals surface area contributed by atoms with Gasteiger partial charge in [0.1, 0.15) is 6.04 Å². The van der Waals surface area contributed by atoms with Gasteiger partial charge in [0.15, 0.2) is 0 Å². The molecule has 0 bridgehead atoms. The molecule has 2 atom stereocenters. The van der Waals surface area contributed by atoms with Crippen molar-refractivity contribution in [1.29, 1.82) is 0 Å². The molecule has 0 N–H and O–H groups in total. The summed E-state index contributed by atoms with van der Waals surface area (Å²) in [5, 5.41) is 0. The van der Waals surface area contributed by atoms with Gasteiger partial charge in [0.25, 0.3) is 0 Å². The zero-order valence-corrected chi connectivity index (χ0v) is 19.6. The van der Waals surface area contributed by atoms with Crippen LogP contribution in [-0.4, -0.2) is 77.2 Å². The van der Waals surface area contributed by atoms with Gasteiger partial charge in [-0.25, -0.2) is 8.42 Å². The summed E-state index contributed by atoms with van der Waals surface area (Å²) in [6, 6.07) is 3.35. The Morgan fingerprint density at radius 3 is 2.30 bits per heavy atom. The summed E-state index contributed by atoms with van der Waals surface area (Å²) in [4.78, 5) is 29.1. The van der Waals surface area contributed by atoms with Crippen molar-refractivity contribution in [3.05, 3.63) is 28.8 Å². The predicted molar refractivity (Wildman–Crippen MR) is 117 cm³/mol. The van der Waals surface area contributed by atoms with Crippen molar-refractivity contribution in [3.63, 3.8) is 0 Å². The Hall–Kier alpha value is -1.58. The number of aryl methyl sites for hydroxylation is 3. The highest BCUT2D eigenvalue weighted by atomic mass is 32.2. The summed E-state index contributed by atoms with van der Waals surface area (Å²) < 4.78 is 28.0. The fraction of sp³-hybridized carbons (Fsp3) is 0.619. The van der Waals surface area contributed by atoms with Crippen molar-refractivity contribution < 1.29 is 18.0 Å². The lowest BCUT2D eigenvalue weighted by Crippen LogP contribution is -2.56. The number of rotatable bonds is 3. The highest BCUT2D eigenvalue weighted by Crippen LogP contribution is 2.47. The number of fused-ring (bicyclic) bond motifs is 1. The Morgan fingerprint density at radius 1 is 1.10 bits per heavy atom. The van der Waals surface area contributed by atoms with E-state index in [-0.39, 0.29) is 29.8 Å². The summed E-state index contributed by atoms with van der Waals surface area (Å²) >= 11 is 1.68. The van der Waals surface area contributed by atoms with E-state index in [0.29, 0.717) is 30.2 Å². The van der Waals surface area contributed by atoms with E-state index in [1.807, 2.05) is 39.8 Å². The van der Waals surface area contributed by atoms with Crippen LogP contribution in [0.25, 0.3) is 0 Å². The Kier molecular flexibility index (Phi) is 5.43. The van der Waals surface area contributed by atoms with Gasteiger partial charge in [0.05, 0.1) is 9.77 Å². The van der Waals surface area contributed by atoms with Gasteiger partial charge >= 0.3 is 0 Å². The van der Waals surface area contributed by atoms with Crippen molar-refractivity contribution in [2.75, 3.05) is 31.9 Å². The van der Waals surface area contributed by atoms with Crippen LogP contribution in [0.15, 0.2) is 17.0 Å². The maximum Gasteiger partial charge on any atom is 0.246 e. The molecule has 3 fully saturated rings. The molecule has 9 heteroatoms. The van der Waals surface area contributed by atoms with Crippen LogP contribution in [0, 0.1) is 20.8 Å². The second-order valence-corrected chi connectivity index (χ2v) is 12.1. The zero-order valence-electron chi connectivity index (χ0n) is 18.0. The first kappa shape index (κ1) is 21.6. The van der Waals surface area contributed by atoms with Gasteiger partial charge in [0.2, 0.25) is 21.8 Å². The number of carbonyl (C=O) groups excluding carboxylic acids is 2. The third-order valence-corrected chi connectivity index (χ3v) is 10.2. The van der Waals surface area contributed by atoms with Crippen LogP contribution < -0.4 is 0 Å². The van der Waals surface area contributed by atoms with Crippen molar-refractivity contribution in [3.8, 4) is 0 Å². The van der Waals surface area contributed by atoms with Crippen LogP contribution >= 0.6 is 11.8 Å². The molecule has 1 aromatic rings. The number of hydrogen-bond acceptors (Lipinski definition) is 5. The second-order valence-electron chi connectivity index (χ2n) is 8.72. The van der Waals surface area contributed by atoms with Gasteiger partial charge in [-0.1, -0.05) is 17.7 Å². The number of hydrogen-bond donors (Lipinski definition) is 0. The van der Waals surface area contributed by atoms with Gasteiger partial charge in [-0.2, -0.15) is 4.31 Å². The average Bonchev–Trinajstić information content (AvgIpc) is 3.16. The van der Waals surface area contributed by atoms with Crippen molar-refractivity contribution in [2.45, 2.75) is 56.3 Å². The van der Waals surface area contributed by atoms with E-state index in [1.165, 1.54) is 4.31 Å². The normalized spacial score (nSPS) is 27.6. The Morgan fingerprint density at radius 2 is 1.70 bits per heavy atom. The first-order valence-corrected chi connectivity index (χ1v) is 12.8. The minimum atomic E-state index is -3.61. The summed E-state index contributed by atoms with van der Waals surface area (Å²) in [6.45, 7) is 8.88. The first-order chi connectivity index (χ1) is 14.0. The molecule has 164 valence electrons. The summed E-state index contributed by atoms with van der Waals surface area (Å²) in [7, 11) is -3.61. The van der Waals surface area contributed by atoms with Crippen LogP contribution in [0.3, 0.4) is 0 Å². The van der Waals surface area contributed by atoms with Gasteiger partial charge < -0.3 is 9.80 Å². The Balaban J connectivity index is 1.47. The third-order valence-electron chi connectivity index (χ3n) is 6.48. The molecule has 0 radical (unpaired) electrons. The molecule has 4 rings (SSSR count). The minimum absolute atomic E-state index is 0.0485. The molecular weight excluding hydrogens is 422 g/mol. The van der Waals surface area contributed by atoms with Crippen molar-refractivity contribution >= 4 is 33.6 Å². The smallest absolute Gasteiger partial charge is 0.246 e. The van der Waals surface area contributed by atoms with Gasteiger partial charge in [0, 0.05) is 38.4 Å². The molecule has 0 unspecified atom stereocenters. The molecule has 0 aromatic heterocycles. The lowest BCUT2D eigenvalue weighted by Gasteiger charge is -2.37. The van der Waals surface area contributed by atoms with Crippen LogP contribution in [0.2, 0.25) is 0 Å². The average molecular weight is 452 g/mol. The van der Waals surface area contributed by atoms with E-state index < -0.39 is 16.1 Å². The molecule has 0 spiro atoms. The molecular formula is C21H29N3O4S2. The minimum Gasteiger partial charge on any atom is -0.338 e. The zero-order chi connectivity index (χ0) is 21.8. The maximum atomic E-state index is 13.3. The van der Waals surface area contributed by atoms with Crippen LogP contribution in [0.4, 0.5) is 0 Å². The fourth-order valence-corrected chi connectivity index (χ4v) is 8.32. The molecule has 30 heavy (non-hydrogen) atoms. The van der Waals surface area contributed by atoms with E-state index >= 15 is 0 Å². The van der Waals surface area contributed by atoms with Crippen molar-refractivity contribution in [1.82, 2.24) is 14.1 Å². The molecule has 7 nitrogen and oxygen atoms in total. The number of thioether (sulfide) groups is 1. The molecule has 3 aliphatic heterocycles. The van der Waals surface area contributed by atoms with E-state index in [2.05, 4.69) is 0 Å². The number of amides is 2. The van der Waals surface area contributed by atoms with Crippen LogP contribution in [0.5, 0.6) is 0 Å². The topological polar surface area (TPSA) is 78.0 Å². The fourth-order valence-electron chi connectivity index (χ4n) is 5.07. The molecule has 3 heterocycles. The molecule has 1 aromatic carbocycles. The summed E-state index contributed by atoms with van der Waals surface area (Å²) in [5.41, 5.74) is 2.54. The molecule has 3 saturated heterocycles.